The molecule has 0 atom stereocenters. The first-order valence-electron chi connectivity index (χ1n) is 15.5. The molecule has 0 saturated heterocycles. The maximum atomic E-state index is 12.7. The van der Waals surface area contributed by atoms with Crippen molar-refractivity contribution in [2.24, 2.45) is 10.8 Å². The highest BCUT2D eigenvalue weighted by atomic mass is 79.9. The summed E-state index contributed by atoms with van der Waals surface area (Å²) in [6.07, 6.45) is 7.60. The van der Waals surface area contributed by atoms with Gasteiger partial charge in [0.25, 0.3) is 11.8 Å². The summed E-state index contributed by atoms with van der Waals surface area (Å²) in [6.45, 7) is 15.9. The lowest BCUT2D eigenvalue weighted by molar-refractivity contribution is 0.0883. The number of fused-ring (bicyclic) bond motifs is 2. The van der Waals surface area contributed by atoms with Crippen LogP contribution in [0.1, 0.15) is 48.4 Å². The molecule has 18 heteroatoms. The lowest BCUT2D eigenvalue weighted by Crippen LogP contribution is -2.38. The largest absolute Gasteiger partial charge is 0.396 e. The molecule has 4 rings (SSSR count). The Labute approximate surface area is 304 Å². The van der Waals surface area contributed by atoms with Crippen LogP contribution in [0.2, 0.25) is 25.7 Å². The lowest BCUT2D eigenvalue weighted by atomic mass is 9.95. The second kappa shape index (κ2) is 16.5. The molecule has 4 aromatic heterocycles. The van der Waals surface area contributed by atoms with E-state index in [2.05, 4.69) is 87.1 Å². The number of hydrogen-bond acceptors (Lipinski definition) is 10. The molecule has 0 aliphatic carbocycles. The highest BCUT2D eigenvalue weighted by molar-refractivity contribution is 9.10. The highest BCUT2D eigenvalue weighted by Gasteiger charge is 2.26. The molecule has 0 bridgehead atoms. The minimum Gasteiger partial charge on any atom is -0.396 e. The van der Waals surface area contributed by atoms with Crippen molar-refractivity contribution >= 4 is 83.9 Å². The summed E-state index contributed by atoms with van der Waals surface area (Å²) < 4.78 is 31.5. The van der Waals surface area contributed by atoms with E-state index in [4.69, 9.17) is 4.74 Å². The Morgan fingerprint density at radius 3 is 2.12 bits per heavy atom. The molecule has 4 heterocycles. The highest BCUT2D eigenvalue weighted by Crippen LogP contribution is 2.22. The van der Waals surface area contributed by atoms with Gasteiger partial charge in [-0.15, -0.1) is 0 Å². The van der Waals surface area contributed by atoms with Crippen molar-refractivity contribution in [3.63, 3.8) is 0 Å². The topological polar surface area (TPSA) is 194 Å². The molecule has 270 valence electrons. The van der Waals surface area contributed by atoms with Crippen molar-refractivity contribution in [2.45, 2.75) is 60.1 Å². The second-order valence-corrected chi connectivity index (χ2v) is 24.1. The normalized spacial score (nSPS) is 12.6. The molecule has 2 amide bonds. The molecule has 4 aromatic rings. The third-order valence-electron chi connectivity index (χ3n) is 7.14. The van der Waals surface area contributed by atoms with Crippen LogP contribution in [0.3, 0.4) is 0 Å². The van der Waals surface area contributed by atoms with Gasteiger partial charge in [0.15, 0.2) is 11.3 Å². The molecular formula is C31H46Br2N8O6SSi. The quantitative estimate of drug-likeness (QED) is 0.101. The Kier molecular flexibility index (Phi) is 13.7. The van der Waals surface area contributed by atoms with E-state index in [9.17, 15) is 23.1 Å². The van der Waals surface area contributed by atoms with E-state index in [1.807, 2.05) is 18.4 Å². The van der Waals surface area contributed by atoms with E-state index in [1.54, 1.807) is 26.2 Å². The number of amides is 2. The van der Waals surface area contributed by atoms with Gasteiger partial charge in [-0.05, 0) is 43.3 Å². The van der Waals surface area contributed by atoms with Gasteiger partial charge in [-0.3, -0.25) is 9.59 Å². The number of aromatic nitrogens is 6. The molecule has 4 N–H and O–H groups in total. The van der Waals surface area contributed by atoms with Crippen LogP contribution in [0.25, 0.3) is 22.3 Å². The lowest BCUT2D eigenvalue weighted by Gasteiger charge is -2.23. The number of carbonyl (C=O) groups is 2. The van der Waals surface area contributed by atoms with Crippen molar-refractivity contribution in [1.82, 2.24) is 40.1 Å². The summed E-state index contributed by atoms with van der Waals surface area (Å²) in [7, 11) is -4.26. The molecule has 14 nitrogen and oxygen atoms in total. The van der Waals surface area contributed by atoms with Crippen LogP contribution in [0.4, 0.5) is 0 Å². The molecule has 0 fully saturated rings. The zero-order chi connectivity index (χ0) is 36.8. The number of halogens is 2. The zero-order valence-electron chi connectivity index (χ0n) is 29.1. The van der Waals surface area contributed by atoms with Crippen molar-refractivity contribution < 1.29 is 27.9 Å². The Morgan fingerprint density at radius 1 is 0.959 bits per heavy atom. The molecule has 0 aromatic carbocycles. The van der Waals surface area contributed by atoms with Crippen LogP contribution in [-0.2, 0) is 21.3 Å². The summed E-state index contributed by atoms with van der Waals surface area (Å²) in [4.78, 5) is 45.0. The molecule has 0 spiro atoms. The number of sulfone groups is 1. The number of nitrogens with one attached hydrogen (secondary N) is 3. The molecule has 0 aliphatic heterocycles. The smallest absolute Gasteiger partial charge is 0.255 e. The maximum absolute atomic E-state index is 12.7. The van der Waals surface area contributed by atoms with Crippen LogP contribution >= 0.6 is 31.9 Å². The van der Waals surface area contributed by atoms with Crippen LogP contribution in [-0.4, -0.2) is 101 Å². The van der Waals surface area contributed by atoms with Gasteiger partial charge in [0, 0.05) is 58.4 Å². The van der Waals surface area contributed by atoms with Crippen molar-refractivity contribution in [3.05, 3.63) is 45.1 Å². The first-order chi connectivity index (χ1) is 22.6. The molecule has 0 radical (unpaired) electrons. The van der Waals surface area contributed by atoms with Crippen LogP contribution in [0.5, 0.6) is 0 Å². The molecule has 0 aliphatic rings. The number of carbonyl (C=O) groups excluding carboxylic acids is 2. The van der Waals surface area contributed by atoms with E-state index in [-0.39, 0.29) is 36.1 Å². The minimum absolute atomic E-state index is 0.000478. The fourth-order valence-electron chi connectivity index (χ4n) is 4.53. The number of rotatable bonds is 14. The fourth-order valence-corrected chi connectivity index (χ4v) is 7.36. The Balaban J connectivity index is 0.000000271. The Hall–Kier alpha value is -2.77. The predicted octanol–water partition coefficient (Wildman–Crippen LogP) is 4.78. The van der Waals surface area contributed by atoms with Crippen LogP contribution in [0, 0.1) is 10.8 Å². The number of aliphatic hydroxyl groups excluding tert-OH is 1. The van der Waals surface area contributed by atoms with Crippen molar-refractivity contribution in [2.75, 3.05) is 38.3 Å². The van der Waals surface area contributed by atoms with E-state index >= 15 is 0 Å². The SMILES string of the molecule is CC(C)(CNC(=O)c1c[nH]c2ncc(Br)nc12)CS(C)(=O)=O.CC(C)(CO)CNC(=O)c1cn(COCC[Si](C)(C)C)c2ncc(Br)nc12. The number of aromatic amines is 1. The van der Waals surface area contributed by atoms with E-state index < -0.39 is 23.3 Å². The third kappa shape index (κ3) is 12.8. The average Bonchev–Trinajstić information content (AvgIpc) is 3.56. The monoisotopic (exact) mass is 844 g/mol. The standard InChI is InChI=1S/C18H29BrN4O3Si.C13H17BrN4O3S/c1-18(2,11-24)10-21-17(25)13-9-23(12-26-6-7-27(3,4)5)16-15(13)22-14(19)8-20-16;1-13(2,7-22(3,20)21)6-17-12(19)8-4-15-11-10(8)18-9(14)5-16-11/h8-9,24H,6-7,10-12H2,1-5H3,(H,21,25);4-5H,6-7H2,1-3H3,(H,15,16)(H,17,19). The van der Waals surface area contributed by atoms with Gasteiger partial charge in [-0.1, -0.05) is 47.3 Å². The third-order valence-corrected chi connectivity index (χ3v) is 10.9. The summed E-state index contributed by atoms with van der Waals surface area (Å²) in [5.74, 6) is -0.561. The molecular weight excluding hydrogens is 800 g/mol. The van der Waals surface area contributed by atoms with Crippen LogP contribution in [0.15, 0.2) is 34.0 Å². The van der Waals surface area contributed by atoms with Crippen LogP contribution < -0.4 is 10.6 Å². The Bertz CT molecular complexity index is 1890. The number of nitrogens with zero attached hydrogens (tertiary/aromatic N) is 5. The first kappa shape index (κ1) is 40.7. The maximum Gasteiger partial charge on any atom is 0.255 e. The second-order valence-electron chi connectivity index (χ2n) is 14.7. The average molecular weight is 847 g/mol. The summed E-state index contributed by atoms with van der Waals surface area (Å²) in [6, 6.07) is 1.08. The van der Waals surface area contributed by atoms with Gasteiger partial charge in [-0.25, -0.2) is 28.4 Å². The van der Waals surface area contributed by atoms with Crippen molar-refractivity contribution in [3.8, 4) is 0 Å². The van der Waals surface area contributed by atoms with Crippen molar-refractivity contribution in [1.29, 1.82) is 0 Å². The number of H-pyrrole nitrogens is 1. The zero-order valence-corrected chi connectivity index (χ0v) is 34.1. The molecule has 49 heavy (non-hydrogen) atoms. The van der Waals surface area contributed by atoms with E-state index in [0.29, 0.717) is 62.5 Å². The fraction of sp³-hybridized carbons (Fsp3) is 0.548. The van der Waals surface area contributed by atoms with Gasteiger partial charge in [0.05, 0.1) is 29.3 Å². The number of hydrogen-bond donors (Lipinski definition) is 4. The number of ether oxygens (including phenoxy) is 1. The summed E-state index contributed by atoms with van der Waals surface area (Å²) in [5.41, 5.74) is 1.99. The summed E-state index contributed by atoms with van der Waals surface area (Å²) in [5, 5.41) is 15.0. The van der Waals surface area contributed by atoms with Gasteiger partial charge in [-0.2, -0.15) is 0 Å². The van der Waals surface area contributed by atoms with E-state index in [1.165, 1.54) is 18.6 Å². The van der Waals surface area contributed by atoms with Gasteiger partial charge in [0.2, 0.25) is 0 Å². The predicted molar refractivity (Wildman–Crippen MR) is 200 cm³/mol. The van der Waals surface area contributed by atoms with Gasteiger partial charge >= 0.3 is 0 Å². The van der Waals surface area contributed by atoms with Gasteiger partial charge < -0.3 is 30.0 Å². The number of aliphatic hydroxyl groups is 1. The minimum atomic E-state index is -3.11. The first-order valence-corrected chi connectivity index (χ1v) is 22.9. The van der Waals surface area contributed by atoms with E-state index in [0.717, 1.165) is 6.04 Å². The molecule has 0 saturated carbocycles. The molecule has 0 unspecified atom stereocenters. The Morgan fingerprint density at radius 2 is 1.53 bits per heavy atom. The van der Waals surface area contributed by atoms with Gasteiger partial charge in [0.1, 0.15) is 36.8 Å². The summed E-state index contributed by atoms with van der Waals surface area (Å²) >= 11 is 6.54.